The first-order chi connectivity index (χ1) is 14.4. The Labute approximate surface area is 188 Å². The van der Waals surface area contributed by atoms with Gasteiger partial charge < -0.3 is 10.2 Å². The number of nitriles is 1. The van der Waals surface area contributed by atoms with Gasteiger partial charge in [-0.3, -0.25) is 9.93 Å². The van der Waals surface area contributed by atoms with E-state index < -0.39 is 34.8 Å². The number of nitrogens with zero attached hydrogens (tertiary/aromatic N) is 3. The van der Waals surface area contributed by atoms with Crippen molar-refractivity contribution >= 4 is 28.1 Å². The van der Waals surface area contributed by atoms with Crippen LogP contribution in [-0.2, 0) is 27.7 Å². The zero-order valence-electron chi connectivity index (χ0n) is 18.1. The van der Waals surface area contributed by atoms with Gasteiger partial charge >= 0.3 is 0 Å². The lowest BCUT2D eigenvalue weighted by Crippen LogP contribution is -2.25. The minimum absolute atomic E-state index is 0.0195. The first kappa shape index (κ1) is 25.2. The lowest BCUT2D eigenvalue weighted by molar-refractivity contribution is -0.117. The Bertz CT molecular complexity index is 1060. The van der Waals surface area contributed by atoms with Gasteiger partial charge in [0.1, 0.15) is 26.7 Å². The minimum atomic E-state index is -1.50. The molecule has 2 atom stereocenters. The van der Waals surface area contributed by atoms with Gasteiger partial charge in [0.2, 0.25) is 0 Å². The number of carbonyl (C=O) groups is 1. The maximum Gasteiger partial charge on any atom is 0.257 e. The highest BCUT2D eigenvalue weighted by Gasteiger charge is 2.27. The summed E-state index contributed by atoms with van der Waals surface area (Å²) in [5.74, 6) is -1.36. The number of rotatable bonds is 7. The Morgan fingerprint density at radius 1 is 1.42 bits per heavy atom. The number of carbonyl (C=O) groups excluding carboxylic acids is 1. The third kappa shape index (κ3) is 5.61. The number of hydrogen-bond acceptors (Lipinski definition) is 6. The van der Waals surface area contributed by atoms with E-state index in [2.05, 4.69) is 9.35 Å². The van der Waals surface area contributed by atoms with E-state index in [9.17, 15) is 24.7 Å². The number of hydrogen-bond donors (Lipinski definition) is 3. The molecule has 0 aliphatic rings. The zero-order chi connectivity index (χ0) is 23.5. The number of thiazole rings is 1. The fraction of sp³-hybridized carbons (Fsp3) is 0.476. The highest BCUT2D eigenvalue weighted by atomic mass is 32.2. The van der Waals surface area contributed by atoms with Crippen LogP contribution in [0.25, 0.3) is 0 Å². The Kier molecular flexibility index (Phi) is 8.19. The molecule has 0 aliphatic heterocycles. The topological polar surface area (TPSA) is 133 Å². The highest BCUT2D eigenvalue weighted by Crippen LogP contribution is 2.33. The molecule has 10 heteroatoms. The summed E-state index contributed by atoms with van der Waals surface area (Å²) >= 11 is 1.07. The molecule has 0 bridgehead atoms. The van der Waals surface area contributed by atoms with E-state index in [1.54, 1.807) is 0 Å². The third-order valence-electron chi connectivity index (χ3n) is 4.75. The molecule has 168 valence electrons. The molecule has 1 aromatic carbocycles. The Morgan fingerprint density at radius 2 is 2.06 bits per heavy atom. The molecule has 1 heterocycles. The molecule has 0 fully saturated rings. The van der Waals surface area contributed by atoms with E-state index in [0.717, 1.165) is 16.9 Å². The largest absolute Gasteiger partial charge is 0.393 e. The van der Waals surface area contributed by atoms with Crippen LogP contribution in [0.5, 0.6) is 0 Å². The van der Waals surface area contributed by atoms with Crippen LogP contribution in [-0.4, -0.2) is 27.7 Å². The predicted molar refractivity (Wildman–Crippen MR) is 119 cm³/mol. The summed E-state index contributed by atoms with van der Waals surface area (Å²) < 4.78 is 19.4. The van der Waals surface area contributed by atoms with Gasteiger partial charge in [-0.2, -0.15) is 9.62 Å². The zero-order valence-corrected chi connectivity index (χ0v) is 19.8. The van der Waals surface area contributed by atoms with Gasteiger partial charge in [-0.1, -0.05) is 27.7 Å². The van der Waals surface area contributed by atoms with Gasteiger partial charge in [0.15, 0.2) is 0 Å². The van der Waals surface area contributed by atoms with Crippen LogP contribution in [0.15, 0.2) is 20.8 Å². The molecule has 2 aromatic rings. The van der Waals surface area contributed by atoms with Crippen molar-refractivity contribution < 1.29 is 19.4 Å². The van der Waals surface area contributed by atoms with E-state index in [-0.39, 0.29) is 28.8 Å². The summed E-state index contributed by atoms with van der Waals surface area (Å²) in [5.41, 5.74) is 0.0892. The van der Waals surface area contributed by atoms with Crippen LogP contribution in [0.2, 0.25) is 0 Å². The standard InChI is InChI=1S/C21H27FN4O3S2/c1-11(2)14-6-13(8-23)19(22)18(12(3)4)15(14)7-16(28)26-31(24)17-9-25-20(30-17)21(5,29)10-27/h6,9,11-12,27,29H,7,10H2,1-5H3,(H2,24,26,28). The van der Waals surface area contributed by atoms with Crippen LogP contribution in [0.4, 0.5) is 4.39 Å². The second-order valence-corrected chi connectivity index (χ2v) is 10.6. The number of aliphatic hydroxyl groups is 2. The van der Waals surface area contributed by atoms with E-state index in [1.165, 1.54) is 19.2 Å². The van der Waals surface area contributed by atoms with Crippen molar-refractivity contribution in [3.8, 4) is 6.07 Å². The van der Waals surface area contributed by atoms with Crippen LogP contribution in [0.3, 0.4) is 0 Å². The van der Waals surface area contributed by atoms with Crippen molar-refractivity contribution in [2.24, 2.45) is 9.50 Å². The fourth-order valence-electron chi connectivity index (χ4n) is 3.15. The summed E-state index contributed by atoms with van der Waals surface area (Å²) in [5, 5.41) is 35.0. The molecule has 0 spiro atoms. The minimum Gasteiger partial charge on any atom is -0.393 e. The number of halogens is 1. The van der Waals surface area contributed by atoms with Gasteiger partial charge in [-0.15, -0.1) is 11.3 Å². The van der Waals surface area contributed by atoms with Crippen LogP contribution in [0.1, 0.15) is 73.7 Å². The number of aliphatic hydroxyl groups excluding tert-OH is 1. The van der Waals surface area contributed by atoms with Crippen LogP contribution in [0, 0.1) is 17.1 Å². The molecule has 0 aliphatic carbocycles. The molecule has 1 aromatic heterocycles. The molecule has 4 N–H and O–H groups in total. The summed E-state index contributed by atoms with van der Waals surface area (Å²) in [6, 6.07) is 3.40. The van der Waals surface area contributed by atoms with E-state index in [1.807, 2.05) is 33.8 Å². The second kappa shape index (κ2) is 10.1. The third-order valence-corrected chi connectivity index (χ3v) is 7.48. The molecule has 31 heavy (non-hydrogen) atoms. The maximum atomic E-state index is 14.9. The van der Waals surface area contributed by atoms with Gasteiger partial charge in [0, 0.05) is 10.9 Å². The Hall–Kier alpha value is -2.03. The summed E-state index contributed by atoms with van der Waals surface area (Å²) in [7, 11) is -1.31. The number of nitrogens with two attached hydrogens (primary N) is 1. The molecular weight excluding hydrogens is 439 g/mol. The molecule has 0 radical (unpaired) electrons. The van der Waals surface area contributed by atoms with Crippen LogP contribution < -0.4 is 5.14 Å². The molecule has 7 nitrogen and oxygen atoms in total. The first-order valence-electron chi connectivity index (χ1n) is 9.71. The lowest BCUT2D eigenvalue weighted by atomic mass is 9.85. The predicted octanol–water partition coefficient (Wildman–Crippen LogP) is 3.40. The molecule has 1 amide bonds. The molecule has 0 saturated carbocycles. The number of aromatic nitrogens is 1. The van der Waals surface area contributed by atoms with Crippen molar-refractivity contribution in [2.75, 3.05) is 6.61 Å². The summed E-state index contributed by atoms with van der Waals surface area (Å²) in [6.07, 6.45) is 1.29. The van der Waals surface area contributed by atoms with Crippen molar-refractivity contribution in [1.82, 2.24) is 4.98 Å². The monoisotopic (exact) mass is 466 g/mol. The fourth-order valence-corrected chi connectivity index (χ4v) is 5.06. The van der Waals surface area contributed by atoms with Crippen LogP contribution >= 0.6 is 11.3 Å². The SMILES string of the molecule is CC(C)c1cc(C#N)c(F)c(C(C)C)c1CC(=O)N=S(N)c1cnc(C(C)(O)CO)s1. The first-order valence-corrected chi connectivity index (χ1v) is 11.8. The van der Waals surface area contributed by atoms with E-state index >= 15 is 0 Å². The molecule has 2 rings (SSSR count). The molecule has 0 saturated heterocycles. The van der Waals surface area contributed by atoms with Gasteiger partial charge in [-0.25, -0.2) is 9.37 Å². The summed E-state index contributed by atoms with van der Waals surface area (Å²) in [6.45, 7) is 8.38. The lowest BCUT2D eigenvalue weighted by Gasteiger charge is -2.20. The van der Waals surface area contributed by atoms with Gasteiger partial charge in [0.25, 0.3) is 5.91 Å². The quantitative estimate of drug-likeness (QED) is 0.573. The van der Waals surface area contributed by atoms with Crippen molar-refractivity contribution in [3.63, 3.8) is 0 Å². The Morgan fingerprint density at radius 3 is 2.58 bits per heavy atom. The average Bonchev–Trinajstić information content (AvgIpc) is 3.19. The number of amides is 1. The average molecular weight is 467 g/mol. The van der Waals surface area contributed by atoms with Crippen molar-refractivity contribution in [1.29, 1.82) is 5.26 Å². The molecule has 2 unspecified atom stereocenters. The van der Waals surface area contributed by atoms with Gasteiger partial charge in [-0.05, 0) is 41.5 Å². The maximum absolute atomic E-state index is 14.9. The number of benzene rings is 1. The summed E-state index contributed by atoms with van der Waals surface area (Å²) in [4.78, 5) is 16.8. The normalized spacial score (nSPS) is 14.6. The Balaban J connectivity index is 2.43. The highest BCUT2D eigenvalue weighted by molar-refractivity contribution is 7.87. The van der Waals surface area contributed by atoms with Crippen molar-refractivity contribution in [3.05, 3.63) is 45.3 Å². The van der Waals surface area contributed by atoms with Gasteiger partial charge in [0.05, 0.1) is 24.8 Å². The van der Waals surface area contributed by atoms with E-state index in [0.29, 0.717) is 15.3 Å². The van der Waals surface area contributed by atoms with Crippen molar-refractivity contribution in [2.45, 2.75) is 62.7 Å². The second-order valence-electron chi connectivity index (χ2n) is 8.03. The molecular formula is C21H27FN4O3S2. The smallest absolute Gasteiger partial charge is 0.257 e. The van der Waals surface area contributed by atoms with E-state index in [4.69, 9.17) is 5.14 Å².